The Hall–Kier alpha value is -0.860. The van der Waals surface area contributed by atoms with Crippen molar-refractivity contribution in [3.8, 4) is 0 Å². The van der Waals surface area contributed by atoms with Crippen LogP contribution in [0.25, 0.3) is 0 Å². The Labute approximate surface area is 163 Å². The number of quaternary nitrogens is 1. The molecule has 150 valence electrons. The topological polar surface area (TPSA) is 27.5 Å². The van der Waals surface area contributed by atoms with E-state index < -0.39 is 0 Å². The Morgan fingerprint density at radius 1 is 0.692 bits per heavy atom. The molecule has 0 bridgehead atoms. The van der Waals surface area contributed by atoms with Crippen molar-refractivity contribution in [3.63, 3.8) is 0 Å². The number of nitrogens with one attached hydrogen (secondary N) is 1. The molecule has 0 saturated carbocycles. The Morgan fingerprint density at radius 2 is 1.12 bits per heavy atom. The molecule has 2 heteroatoms. The van der Waals surface area contributed by atoms with Crippen LogP contribution in [-0.2, 0) is 0 Å². The second-order valence-corrected chi connectivity index (χ2v) is 7.96. The molecule has 1 N–H and O–H groups in total. The molecule has 0 fully saturated rings. The van der Waals surface area contributed by atoms with E-state index in [-0.39, 0.29) is 6.04 Å². The van der Waals surface area contributed by atoms with Gasteiger partial charge in [-0.1, -0.05) is 121 Å². The zero-order valence-electron chi connectivity index (χ0n) is 17.5. The monoisotopic (exact) mass is 361 g/mol. The number of benzene rings is 1. The van der Waals surface area contributed by atoms with E-state index in [9.17, 15) is 5.21 Å². The third kappa shape index (κ3) is 11.7. The predicted molar refractivity (Wildman–Crippen MR) is 114 cm³/mol. The maximum absolute atomic E-state index is 11.9. The summed E-state index contributed by atoms with van der Waals surface area (Å²) < 4.78 is 0. The van der Waals surface area contributed by atoms with Gasteiger partial charge in [-0.15, -0.1) is 0 Å². The van der Waals surface area contributed by atoms with Crippen molar-refractivity contribution < 1.29 is 5.06 Å². The quantitative estimate of drug-likeness (QED) is 0.245. The lowest BCUT2D eigenvalue weighted by Gasteiger charge is -2.28. The van der Waals surface area contributed by atoms with Gasteiger partial charge in [-0.05, 0) is 6.42 Å². The van der Waals surface area contributed by atoms with Gasteiger partial charge >= 0.3 is 0 Å². The normalized spacial score (nSPS) is 13.7. The molecule has 0 radical (unpaired) electrons. The Morgan fingerprint density at radius 3 is 1.54 bits per heavy atom. The first-order valence-corrected chi connectivity index (χ1v) is 11.3. The van der Waals surface area contributed by atoms with Crippen LogP contribution in [-0.4, -0.2) is 7.05 Å². The molecule has 0 aliphatic heterocycles. The first kappa shape index (κ1) is 23.2. The highest BCUT2D eigenvalue weighted by atomic mass is 16.5. The fourth-order valence-corrected chi connectivity index (χ4v) is 3.83. The van der Waals surface area contributed by atoms with E-state index >= 15 is 0 Å². The van der Waals surface area contributed by atoms with Crippen molar-refractivity contribution in [2.45, 2.75) is 109 Å². The molecule has 0 spiro atoms. The van der Waals surface area contributed by atoms with E-state index in [0.717, 1.165) is 6.42 Å². The molecule has 26 heavy (non-hydrogen) atoms. The first-order chi connectivity index (χ1) is 12.8. The summed E-state index contributed by atoms with van der Waals surface area (Å²) in [7, 11) is 1.74. The van der Waals surface area contributed by atoms with Gasteiger partial charge in [-0.3, -0.25) is 0 Å². The second-order valence-electron chi connectivity index (χ2n) is 7.96. The van der Waals surface area contributed by atoms with Crippen LogP contribution < -0.4 is 5.06 Å². The summed E-state index contributed by atoms with van der Waals surface area (Å²) in [5.41, 5.74) is 1.19. The summed E-state index contributed by atoms with van der Waals surface area (Å²) in [6, 6.07) is 10.4. The molecular formula is C24H43NO. The highest BCUT2D eigenvalue weighted by Gasteiger charge is 2.14. The number of rotatable bonds is 17. The third-order valence-corrected chi connectivity index (χ3v) is 5.54. The maximum Gasteiger partial charge on any atom is 0.113 e. The van der Waals surface area contributed by atoms with Crippen LogP contribution in [0.1, 0.15) is 115 Å². The van der Waals surface area contributed by atoms with Crippen LogP contribution in [0.5, 0.6) is 0 Å². The zero-order valence-corrected chi connectivity index (χ0v) is 17.5. The molecule has 1 rings (SSSR count). The number of hydrogen-bond acceptors (Lipinski definition) is 1. The molecule has 0 amide bonds. The van der Waals surface area contributed by atoms with Gasteiger partial charge in [0.25, 0.3) is 0 Å². The Balaban J connectivity index is 1.92. The lowest BCUT2D eigenvalue weighted by atomic mass is 9.99. The molecule has 0 aliphatic carbocycles. The van der Waals surface area contributed by atoms with E-state index in [1.165, 1.54) is 95.5 Å². The molecule has 1 aromatic carbocycles. The van der Waals surface area contributed by atoms with Gasteiger partial charge in [0.1, 0.15) is 6.04 Å². The lowest BCUT2D eigenvalue weighted by molar-refractivity contribution is -0.861. The van der Waals surface area contributed by atoms with Crippen LogP contribution in [0.4, 0.5) is 0 Å². The summed E-state index contributed by atoms with van der Waals surface area (Å²) in [4.78, 5) is 0. The van der Waals surface area contributed by atoms with Crippen LogP contribution >= 0.6 is 0 Å². The smallest absolute Gasteiger partial charge is 0.113 e. The Bertz CT molecular complexity index is 404. The highest BCUT2D eigenvalue weighted by molar-refractivity contribution is 5.17. The minimum atomic E-state index is 0.105. The molecule has 0 aromatic heterocycles. The molecule has 2 nitrogen and oxygen atoms in total. The van der Waals surface area contributed by atoms with E-state index in [2.05, 4.69) is 19.1 Å². The van der Waals surface area contributed by atoms with Crippen LogP contribution in [0.2, 0.25) is 0 Å². The summed E-state index contributed by atoms with van der Waals surface area (Å²) >= 11 is 0. The average Bonchev–Trinajstić information content (AvgIpc) is 2.65. The molecule has 2 unspecified atom stereocenters. The zero-order chi connectivity index (χ0) is 18.9. The van der Waals surface area contributed by atoms with Crippen molar-refractivity contribution in [3.05, 3.63) is 41.1 Å². The standard InChI is InChI=1S/C24H43NO/c1-3-4-5-6-7-8-9-10-11-12-13-14-15-19-22-24(25(2)26)23-20-17-16-18-21-23/h16-18,20-21,24-25H,3-15,19,22H2,1-2H3. The van der Waals surface area contributed by atoms with E-state index in [1.54, 1.807) is 7.05 Å². The maximum atomic E-state index is 11.9. The molecule has 2 atom stereocenters. The van der Waals surface area contributed by atoms with Crippen molar-refractivity contribution in [1.29, 1.82) is 0 Å². The summed E-state index contributed by atoms with van der Waals surface area (Å²) in [5.74, 6) is 0. The molecule has 1 aromatic rings. The van der Waals surface area contributed by atoms with Gasteiger partial charge in [-0.25, -0.2) is 0 Å². The van der Waals surface area contributed by atoms with Gasteiger partial charge in [0, 0.05) is 12.0 Å². The highest BCUT2D eigenvalue weighted by Crippen LogP contribution is 2.18. The summed E-state index contributed by atoms with van der Waals surface area (Å²) in [5, 5.41) is 12.2. The van der Waals surface area contributed by atoms with E-state index in [1.807, 2.05) is 18.2 Å². The molecular weight excluding hydrogens is 318 g/mol. The van der Waals surface area contributed by atoms with Gasteiger partial charge in [0.15, 0.2) is 0 Å². The van der Waals surface area contributed by atoms with Crippen molar-refractivity contribution in [1.82, 2.24) is 0 Å². The third-order valence-electron chi connectivity index (χ3n) is 5.54. The largest absolute Gasteiger partial charge is 0.634 e. The summed E-state index contributed by atoms with van der Waals surface area (Å²) in [6.45, 7) is 2.28. The van der Waals surface area contributed by atoms with Crippen molar-refractivity contribution in [2.75, 3.05) is 7.05 Å². The van der Waals surface area contributed by atoms with Gasteiger partial charge < -0.3 is 10.3 Å². The Kier molecular flexibility index (Phi) is 14.6. The van der Waals surface area contributed by atoms with Gasteiger partial charge in [-0.2, -0.15) is 0 Å². The average molecular weight is 362 g/mol. The van der Waals surface area contributed by atoms with Crippen LogP contribution in [0, 0.1) is 5.21 Å². The SMILES string of the molecule is CCCCCCCCCCCCCCCCC(c1ccccc1)[NH+](C)[O-]. The van der Waals surface area contributed by atoms with E-state index in [4.69, 9.17) is 0 Å². The predicted octanol–water partition coefficient (Wildman–Crippen LogP) is 6.61. The minimum absolute atomic E-state index is 0.105. The molecule has 0 saturated heterocycles. The minimum Gasteiger partial charge on any atom is -0.634 e. The van der Waals surface area contributed by atoms with Crippen LogP contribution in [0.15, 0.2) is 30.3 Å². The second kappa shape index (κ2) is 16.3. The van der Waals surface area contributed by atoms with Gasteiger partial charge in [0.2, 0.25) is 0 Å². The number of unbranched alkanes of at least 4 members (excludes halogenated alkanes) is 13. The van der Waals surface area contributed by atoms with Gasteiger partial charge in [0.05, 0.1) is 7.05 Å². The van der Waals surface area contributed by atoms with E-state index in [0.29, 0.717) is 5.06 Å². The fourth-order valence-electron chi connectivity index (χ4n) is 3.83. The van der Waals surface area contributed by atoms with Crippen molar-refractivity contribution >= 4 is 0 Å². The molecule has 0 aliphatic rings. The fraction of sp³-hybridized carbons (Fsp3) is 0.750. The first-order valence-electron chi connectivity index (χ1n) is 11.3. The summed E-state index contributed by atoms with van der Waals surface area (Å²) in [6.07, 6.45) is 20.3. The lowest BCUT2D eigenvalue weighted by Crippen LogP contribution is -3.04. The molecule has 0 heterocycles. The number of hydrogen-bond donors (Lipinski definition) is 1. The van der Waals surface area contributed by atoms with Crippen LogP contribution in [0.3, 0.4) is 0 Å². The van der Waals surface area contributed by atoms with Crippen molar-refractivity contribution in [2.24, 2.45) is 0 Å². The number of hydroxylamine groups is 2.